The number of morpholine rings is 1. The fourth-order valence-corrected chi connectivity index (χ4v) is 2.76. The highest BCUT2D eigenvalue weighted by molar-refractivity contribution is 7.09. The van der Waals surface area contributed by atoms with Crippen LogP contribution in [-0.4, -0.2) is 48.4 Å². The largest absolute Gasteiger partial charge is 0.382 e. The average molecular weight is 257 g/mol. The Balaban J connectivity index is 2.04. The molecule has 1 aliphatic heterocycles. The minimum atomic E-state index is 0.123. The molecule has 1 aromatic heterocycles. The van der Waals surface area contributed by atoms with E-state index in [1.165, 1.54) is 11.5 Å². The van der Waals surface area contributed by atoms with Gasteiger partial charge in [0.15, 0.2) is 0 Å². The Kier molecular flexibility index (Phi) is 4.31. The van der Waals surface area contributed by atoms with E-state index in [4.69, 9.17) is 9.47 Å². The molecule has 6 heteroatoms. The van der Waals surface area contributed by atoms with Crippen LogP contribution in [0, 0.1) is 0 Å². The van der Waals surface area contributed by atoms with Gasteiger partial charge in [0.1, 0.15) is 5.82 Å². The van der Waals surface area contributed by atoms with Gasteiger partial charge in [-0.3, -0.25) is 0 Å². The molecule has 2 atom stereocenters. The number of ether oxygens (including phenoxy) is 2. The Morgan fingerprint density at radius 2 is 2.35 bits per heavy atom. The lowest BCUT2D eigenvalue weighted by Gasteiger charge is -2.36. The summed E-state index contributed by atoms with van der Waals surface area (Å²) in [6.07, 6.45) is 1.22. The topological polar surface area (TPSA) is 47.5 Å². The van der Waals surface area contributed by atoms with Gasteiger partial charge in [0.2, 0.25) is 5.13 Å². The summed E-state index contributed by atoms with van der Waals surface area (Å²) in [6, 6.07) is 0. The number of aryl methyl sites for hydroxylation is 1. The first-order valence-corrected chi connectivity index (χ1v) is 6.72. The molecule has 2 unspecified atom stereocenters. The van der Waals surface area contributed by atoms with E-state index >= 15 is 0 Å². The summed E-state index contributed by atoms with van der Waals surface area (Å²) in [4.78, 5) is 6.76. The summed E-state index contributed by atoms with van der Waals surface area (Å²) < 4.78 is 15.3. The van der Waals surface area contributed by atoms with Gasteiger partial charge in [-0.15, -0.1) is 0 Å². The third-order valence-electron chi connectivity index (χ3n) is 2.72. The predicted octanol–water partition coefficient (Wildman–Crippen LogP) is 1.34. The highest BCUT2D eigenvalue weighted by Gasteiger charge is 2.27. The van der Waals surface area contributed by atoms with Crippen molar-refractivity contribution in [1.29, 1.82) is 0 Å². The molecule has 0 spiro atoms. The first-order chi connectivity index (χ1) is 8.22. The van der Waals surface area contributed by atoms with Crippen LogP contribution in [0.4, 0.5) is 5.13 Å². The summed E-state index contributed by atoms with van der Waals surface area (Å²) in [6.45, 7) is 6.48. The fraction of sp³-hybridized carbons (Fsp3) is 0.818. The van der Waals surface area contributed by atoms with E-state index < -0.39 is 0 Å². The molecule has 1 aliphatic rings. The van der Waals surface area contributed by atoms with Gasteiger partial charge in [0, 0.05) is 38.2 Å². The van der Waals surface area contributed by atoms with Gasteiger partial charge in [-0.25, -0.2) is 4.98 Å². The lowest BCUT2D eigenvalue weighted by molar-refractivity contribution is -0.0511. The van der Waals surface area contributed by atoms with Gasteiger partial charge < -0.3 is 14.4 Å². The van der Waals surface area contributed by atoms with Crippen molar-refractivity contribution in [1.82, 2.24) is 9.36 Å². The summed E-state index contributed by atoms with van der Waals surface area (Å²) in [5.74, 6) is 0.924. The number of methoxy groups -OCH3 is 1. The Labute approximate surface area is 106 Å². The zero-order chi connectivity index (χ0) is 12.3. The normalized spacial score (nSPS) is 25.2. The van der Waals surface area contributed by atoms with Gasteiger partial charge in [-0.05, 0) is 6.92 Å². The van der Waals surface area contributed by atoms with Crippen LogP contribution < -0.4 is 4.90 Å². The van der Waals surface area contributed by atoms with Gasteiger partial charge in [-0.1, -0.05) is 6.92 Å². The Morgan fingerprint density at radius 3 is 3.00 bits per heavy atom. The van der Waals surface area contributed by atoms with Crippen LogP contribution in [0.15, 0.2) is 0 Å². The maximum Gasteiger partial charge on any atom is 0.205 e. The number of hydrogen-bond donors (Lipinski definition) is 0. The molecule has 2 heterocycles. The van der Waals surface area contributed by atoms with Gasteiger partial charge in [0.25, 0.3) is 0 Å². The number of hydrogen-bond acceptors (Lipinski definition) is 6. The van der Waals surface area contributed by atoms with Crippen LogP contribution in [0.1, 0.15) is 19.7 Å². The molecule has 96 valence electrons. The van der Waals surface area contributed by atoms with Gasteiger partial charge in [-0.2, -0.15) is 4.37 Å². The van der Waals surface area contributed by atoms with Crippen molar-refractivity contribution in [3.05, 3.63) is 5.82 Å². The van der Waals surface area contributed by atoms with E-state index in [2.05, 4.69) is 28.1 Å². The van der Waals surface area contributed by atoms with Crippen LogP contribution >= 0.6 is 11.5 Å². The Bertz CT molecular complexity index is 358. The SMILES string of the molecule is CCc1nsc(N2CC(C)OC(COC)C2)n1. The second-order valence-corrected chi connectivity index (χ2v) is 5.01. The first-order valence-electron chi connectivity index (χ1n) is 5.94. The molecule has 1 saturated heterocycles. The summed E-state index contributed by atoms with van der Waals surface area (Å²) >= 11 is 1.47. The standard InChI is InChI=1S/C11H19N3O2S/c1-4-10-12-11(17-13-10)14-5-8(2)16-9(6-14)7-15-3/h8-9H,4-7H2,1-3H3. The molecule has 1 fully saturated rings. The summed E-state index contributed by atoms with van der Waals surface area (Å²) in [5, 5.41) is 0.998. The quantitative estimate of drug-likeness (QED) is 0.814. The van der Waals surface area contributed by atoms with E-state index in [1.807, 2.05) is 0 Å². The van der Waals surface area contributed by atoms with Crippen molar-refractivity contribution in [3.63, 3.8) is 0 Å². The molecule has 0 N–H and O–H groups in total. The average Bonchev–Trinajstić information content (AvgIpc) is 2.77. The van der Waals surface area contributed by atoms with E-state index in [0.29, 0.717) is 6.61 Å². The van der Waals surface area contributed by atoms with Crippen molar-refractivity contribution >= 4 is 16.7 Å². The van der Waals surface area contributed by atoms with Crippen molar-refractivity contribution in [2.24, 2.45) is 0 Å². The van der Waals surface area contributed by atoms with Gasteiger partial charge in [0.05, 0.1) is 18.8 Å². The van der Waals surface area contributed by atoms with Crippen molar-refractivity contribution < 1.29 is 9.47 Å². The lowest BCUT2D eigenvalue weighted by Crippen LogP contribution is -2.48. The Hall–Kier alpha value is -0.720. The van der Waals surface area contributed by atoms with Crippen LogP contribution in [-0.2, 0) is 15.9 Å². The van der Waals surface area contributed by atoms with Crippen molar-refractivity contribution in [2.45, 2.75) is 32.5 Å². The summed E-state index contributed by atoms with van der Waals surface area (Å²) in [7, 11) is 1.70. The smallest absolute Gasteiger partial charge is 0.205 e. The predicted molar refractivity (Wildman–Crippen MR) is 67.7 cm³/mol. The lowest BCUT2D eigenvalue weighted by atomic mass is 10.2. The van der Waals surface area contributed by atoms with E-state index in [1.54, 1.807) is 7.11 Å². The maximum absolute atomic E-state index is 5.80. The second kappa shape index (κ2) is 5.75. The molecule has 5 nitrogen and oxygen atoms in total. The molecule has 0 saturated carbocycles. The molecule has 0 aliphatic carbocycles. The van der Waals surface area contributed by atoms with Crippen LogP contribution in [0.3, 0.4) is 0 Å². The third kappa shape index (κ3) is 3.14. The molecule has 0 amide bonds. The van der Waals surface area contributed by atoms with Crippen LogP contribution in [0.5, 0.6) is 0 Å². The van der Waals surface area contributed by atoms with Crippen molar-refractivity contribution in [3.8, 4) is 0 Å². The number of anilines is 1. The van der Waals surface area contributed by atoms with E-state index in [0.717, 1.165) is 30.5 Å². The molecular weight excluding hydrogens is 238 g/mol. The zero-order valence-electron chi connectivity index (χ0n) is 10.5. The molecule has 0 radical (unpaired) electrons. The van der Waals surface area contributed by atoms with Gasteiger partial charge >= 0.3 is 0 Å². The van der Waals surface area contributed by atoms with Crippen molar-refractivity contribution in [2.75, 3.05) is 31.7 Å². The van der Waals surface area contributed by atoms with E-state index in [-0.39, 0.29) is 12.2 Å². The minimum Gasteiger partial charge on any atom is -0.382 e. The zero-order valence-corrected chi connectivity index (χ0v) is 11.4. The minimum absolute atomic E-state index is 0.123. The Morgan fingerprint density at radius 1 is 1.53 bits per heavy atom. The summed E-state index contributed by atoms with van der Waals surface area (Å²) in [5.41, 5.74) is 0. The van der Waals surface area contributed by atoms with Crippen LogP contribution in [0.2, 0.25) is 0 Å². The number of nitrogens with zero attached hydrogens (tertiary/aromatic N) is 3. The molecule has 0 bridgehead atoms. The third-order valence-corrected chi connectivity index (χ3v) is 3.54. The first kappa shape index (κ1) is 12.7. The number of aromatic nitrogens is 2. The molecule has 1 aromatic rings. The maximum atomic E-state index is 5.80. The monoisotopic (exact) mass is 257 g/mol. The van der Waals surface area contributed by atoms with E-state index in [9.17, 15) is 0 Å². The highest BCUT2D eigenvalue weighted by atomic mass is 32.1. The fourth-order valence-electron chi connectivity index (χ4n) is 2.00. The second-order valence-electron chi connectivity index (χ2n) is 4.28. The molecule has 0 aromatic carbocycles. The molecule has 17 heavy (non-hydrogen) atoms. The molecule has 2 rings (SSSR count). The number of rotatable bonds is 4. The van der Waals surface area contributed by atoms with Crippen LogP contribution in [0.25, 0.3) is 0 Å². The highest BCUT2D eigenvalue weighted by Crippen LogP contribution is 2.22. The molecular formula is C11H19N3O2S.